The van der Waals surface area contributed by atoms with Gasteiger partial charge in [0.05, 0.1) is 27.0 Å². The molecule has 0 atom stereocenters. The van der Waals surface area contributed by atoms with Crippen molar-refractivity contribution in [3.63, 3.8) is 0 Å². The number of urea groups is 1. The van der Waals surface area contributed by atoms with Gasteiger partial charge in [-0.25, -0.2) is 4.79 Å². The molecule has 2 amide bonds. The Hall–Kier alpha value is -2.11. The molecule has 0 unspecified atom stereocenters. The van der Waals surface area contributed by atoms with Crippen molar-refractivity contribution in [2.24, 2.45) is 0 Å². The minimum Gasteiger partial charge on any atom is -0.493 e. The minimum absolute atomic E-state index is 0.203. The van der Waals surface area contributed by atoms with Gasteiger partial charge in [0.2, 0.25) is 5.75 Å². The molecule has 1 fully saturated rings. The van der Waals surface area contributed by atoms with Gasteiger partial charge in [0.1, 0.15) is 0 Å². The van der Waals surface area contributed by atoms with E-state index in [0.29, 0.717) is 22.9 Å². The Morgan fingerprint density at radius 2 is 1.52 bits per heavy atom. The zero-order chi connectivity index (χ0) is 16.7. The van der Waals surface area contributed by atoms with Crippen LogP contribution in [0, 0.1) is 0 Å². The second-order valence-corrected chi connectivity index (χ2v) is 5.70. The van der Waals surface area contributed by atoms with Crippen LogP contribution in [0.4, 0.5) is 10.5 Å². The van der Waals surface area contributed by atoms with E-state index in [4.69, 9.17) is 14.2 Å². The van der Waals surface area contributed by atoms with E-state index in [0.717, 1.165) is 12.8 Å². The number of carbonyl (C=O) groups is 1. The molecular formula is C17H26N2O4. The molecule has 6 nitrogen and oxygen atoms in total. The third-order valence-corrected chi connectivity index (χ3v) is 4.11. The number of methoxy groups -OCH3 is 3. The molecule has 128 valence electrons. The molecule has 23 heavy (non-hydrogen) atoms. The lowest BCUT2D eigenvalue weighted by atomic mass is 10.1. The van der Waals surface area contributed by atoms with Gasteiger partial charge in [-0.3, -0.25) is 0 Å². The summed E-state index contributed by atoms with van der Waals surface area (Å²) in [6.45, 7) is 0. The SMILES string of the molecule is COc1cc(NC(=O)NC2CCCCCC2)cc(OC)c1OC. The average Bonchev–Trinajstić information content (AvgIpc) is 2.82. The van der Waals surface area contributed by atoms with Gasteiger partial charge in [0.15, 0.2) is 11.5 Å². The standard InChI is InChI=1S/C17H26N2O4/c1-21-14-10-13(11-15(22-2)16(14)23-3)19-17(20)18-12-8-6-4-5-7-9-12/h10-12H,4-9H2,1-3H3,(H2,18,19,20). The molecule has 1 saturated carbocycles. The van der Waals surface area contributed by atoms with Crippen LogP contribution < -0.4 is 24.8 Å². The quantitative estimate of drug-likeness (QED) is 0.813. The maximum Gasteiger partial charge on any atom is 0.319 e. The van der Waals surface area contributed by atoms with Crippen LogP contribution in [0.1, 0.15) is 38.5 Å². The fourth-order valence-corrected chi connectivity index (χ4v) is 2.93. The highest BCUT2D eigenvalue weighted by Gasteiger charge is 2.17. The van der Waals surface area contributed by atoms with E-state index in [9.17, 15) is 4.79 Å². The van der Waals surface area contributed by atoms with Gasteiger partial charge in [-0.15, -0.1) is 0 Å². The summed E-state index contributed by atoms with van der Waals surface area (Å²) in [5.41, 5.74) is 0.602. The van der Waals surface area contributed by atoms with Gasteiger partial charge >= 0.3 is 6.03 Å². The lowest BCUT2D eigenvalue weighted by molar-refractivity contribution is 0.247. The highest BCUT2D eigenvalue weighted by Crippen LogP contribution is 2.39. The highest BCUT2D eigenvalue weighted by molar-refractivity contribution is 5.90. The van der Waals surface area contributed by atoms with Gasteiger partial charge in [-0.1, -0.05) is 25.7 Å². The largest absolute Gasteiger partial charge is 0.493 e. The Labute approximate surface area is 137 Å². The Morgan fingerprint density at radius 3 is 2.00 bits per heavy atom. The number of amides is 2. The first-order valence-electron chi connectivity index (χ1n) is 8.05. The molecule has 0 bridgehead atoms. The molecule has 1 aromatic carbocycles. The van der Waals surface area contributed by atoms with Crippen LogP contribution in [-0.4, -0.2) is 33.4 Å². The van der Waals surface area contributed by atoms with Crippen molar-refractivity contribution in [2.45, 2.75) is 44.6 Å². The number of carbonyl (C=O) groups excluding carboxylic acids is 1. The van der Waals surface area contributed by atoms with Crippen molar-refractivity contribution < 1.29 is 19.0 Å². The molecule has 0 heterocycles. The van der Waals surface area contributed by atoms with Crippen LogP contribution in [0.5, 0.6) is 17.2 Å². The Morgan fingerprint density at radius 1 is 0.957 bits per heavy atom. The molecule has 6 heteroatoms. The van der Waals surface area contributed by atoms with Crippen molar-refractivity contribution in [3.05, 3.63) is 12.1 Å². The smallest absolute Gasteiger partial charge is 0.319 e. The molecule has 2 N–H and O–H groups in total. The van der Waals surface area contributed by atoms with Crippen molar-refractivity contribution in [1.29, 1.82) is 0 Å². The number of anilines is 1. The summed E-state index contributed by atoms with van der Waals surface area (Å²) in [6.07, 6.45) is 6.95. The number of hydrogen-bond donors (Lipinski definition) is 2. The van der Waals surface area contributed by atoms with Gasteiger partial charge in [0, 0.05) is 18.2 Å². The molecular weight excluding hydrogens is 296 g/mol. The minimum atomic E-state index is -0.203. The summed E-state index contributed by atoms with van der Waals surface area (Å²) in [6, 6.07) is 3.48. The molecule has 0 spiro atoms. The van der Waals surface area contributed by atoms with Gasteiger partial charge in [0.25, 0.3) is 0 Å². The summed E-state index contributed by atoms with van der Waals surface area (Å²) in [5.74, 6) is 1.53. The van der Waals surface area contributed by atoms with Gasteiger partial charge in [-0.05, 0) is 12.8 Å². The average molecular weight is 322 g/mol. The predicted octanol–water partition coefficient (Wildman–Crippen LogP) is 3.56. The van der Waals surface area contributed by atoms with E-state index in [-0.39, 0.29) is 12.1 Å². The molecule has 1 aliphatic carbocycles. The second-order valence-electron chi connectivity index (χ2n) is 5.70. The monoisotopic (exact) mass is 322 g/mol. The molecule has 1 aromatic rings. The number of hydrogen-bond acceptors (Lipinski definition) is 4. The first-order chi connectivity index (χ1) is 11.2. The molecule has 2 rings (SSSR count). The van der Waals surface area contributed by atoms with Crippen LogP contribution in [0.25, 0.3) is 0 Å². The third kappa shape index (κ3) is 4.68. The van der Waals surface area contributed by atoms with E-state index in [2.05, 4.69) is 10.6 Å². The molecule has 0 aromatic heterocycles. The van der Waals surface area contributed by atoms with E-state index in [1.54, 1.807) is 33.5 Å². The Balaban J connectivity index is 2.05. The third-order valence-electron chi connectivity index (χ3n) is 4.11. The fourth-order valence-electron chi connectivity index (χ4n) is 2.93. The fraction of sp³-hybridized carbons (Fsp3) is 0.588. The Bertz CT molecular complexity index is 500. The second kappa shape index (κ2) is 8.50. The summed E-state index contributed by atoms with van der Waals surface area (Å²) < 4.78 is 15.9. The van der Waals surface area contributed by atoms with Crippen molar-refractivity contribution in [2.75, 3.05) is 26.6 Å². The van der Waals surface area contributed by atoms with Crippen molar-refractivity contribution in [1.82, 2.24) is 5.32 Å². The number of ether oxygens (including phenoxy) is 3. The van der Waals surface area contributed by atoms with Gasteiger partial charge < -0.3 is 24.8 Å². The summed E-state index contributed by atoms with van der Waals surface area (Å²) >= 11 is 0. The summed E-state index contributed by atoms with van der Waals surface area (Å²) in [4.78, 5) is 12.2. The molecule has 0 radical (unpaired) electrons. The van der Waals surface area contributed by atoms with E-state index < -0.39 is 0 Å². The maximum atomic E-state index is 12.2. The van der Waals surface area contributed by atoms with Crippen molar-refractivity contribution in [3.8, 4) is 17.2 Å². The number of benzene rings is 1. The topological polar surface area (TPSA) is 68.8 Å². The lowest BCUT2D eigenvalue weighted by Gasteiger charge is -2.18. The first kappa shape index (κ1) is 17.2. The number of nitrogens with one attached hydrogen (secondary N) is 2. The number of rotatable bonds is 5. The summed E-state index contributed by atoms with van der Waals surface area (Å²) in [5, 5.41) is 5.89. The van der Waals surface area contributed by atoms with Crippen LogP contribution in [0.3, 0.4) is 0 Å². The van der Waals surface area contributed by atoms with Crippen LogP contribution in [0.15, 0.2) is 12.1 Å². The van der Waals surface area contributed by atoms with Crippen LogP contribution in [0.2, 0.25) is 0 Å². The lowest BCUT2D eigenvalue weighted by Crippen LogP contribution is -2.37. The molecule has 0 aliphatic heterocycles. The van der Waals surface area contributed by atoms with Crippen molar-refractivity contribution >= 4 is 11.7 Å². The molecule has 0 saturated heterocycles. The highest BCUT2D eigenvalue weighted by atomic mass is 16.5. The van der Waals surface area contributed by atoms with Crippen LogP contribution in [-0.2, 0) is 0 Å². The van der Waals surface area contributed by atoms with E-state index in [1.165, 1.54) is 25.7 Å². The zero-order valence-corrected chi connectivity index (χ0v) is 14.1. The first-order valence-corrected chi connectivity index (χ1v) is 8.05. The van der Waals surface area contributed by atoms with E-state index >= 15 is 0 Å². The zero-order valence-electron chi connectivity index (χ0n) is 14.1. The molecule has 1 aliphatic rings. The normalized spacial score (nSPS) is 15.4. The predicted molar refractivity (Wildman–Crippen MR) is 89.7 cm³/mol. The maximum absolute atomic E-state index is 12.2. The summed E-state index contributed by atoms with van der Waals surface area (Å²) in [7, 11) is 4.64. The van der Waals surface area contributed by atoms with Gasteiger partial charge in [-0.2, -0.15) is 0 Å². The van der Waals surface area contributed by atoms with E-state index in [1.807, 2.05) is 0 Å². The Kier molecular flexibility index (Phi) is 6.38. The van der Waals surface area contributed by atoms with Crippen LogP contribution >= 0.6 is 0 Å².